The molecule has 2 heterocycles. The maximum absolute atomic E-state index is 12.9. The van der Waals surface area contributed by atoms with E-state index in [1.165, 1.54) is 0 Å². The quantitative estimate of drug-likeness (QED) is 0.763. The molecule has 2 atom stereocenters. The van der Waals surface area contributed by atoms with Crippen LogP contribution in [0.5, 0.6) is 0 Å². The van der Waals surface area contributed by atoms with Gasteiger partial charge in [-0.3, -0.25) is 14.5 Å². The van der Waals surface area contributed by atoms with E-state index in [9.17, 15) is 9.59 Å². The Kier molecular flexibility index (Phi) is 6.63. The molecule has 2 aliphatic heterocycles. The highest BCUT2D eigenvalue weighted by Gasteiger charge is 2.32. The molecule has 0 aromatic heterocycles. The Labute approximate surface area is 169 Å². The number of nitrogens with zero attached hydrogens (tertiary/aromatic N) is 3. The van der Waals surface area contributed by atoms with E-state index in [4.69, 9.17) is 27.9 Å². The monoisotopic (exact) mass is 413 g/mol. The Morgan fingerprint density at radius 3 is 2.37 bits per heavy atom. The normalized spacial score (nSPS) is 22.6. The minimum atomic E-state index is -0.233. The number of carbonyl (C=O) groups is 2. The van der Waals surface area contributed by atoms with Gasteiger partial charge in [0.25, 0.3) is 0 Å². The highest BCUT2D eigenvalue weighted by molar-refractivity contribution is 6.42. The van der Waals surface area contributed by atoms with Crippen LogP contribution in [0.3, 0.4) is 0 Å². The lowest BCUT2D eigenvalue weighted by Crippen LogP contribution is -2.56. The van der Waals surface area contributed by atoms with E-state index in [1.54, 1.807) is 17.9 Å². The minimum absolute atomic E-state index is 0.0628. The first kappa shape index (κ1) is 20.4. The molecular formula is C19H25Cl2N3O3. The lowest BCUT2D eigenvalue weighted by Gasteiger charge is -2.40. The Morgan fingerprint density at radius 2 is 1.74 bits per heavy atom. The first-order valence-electron chi connectivity index (χ1n) is 9.21. The molecule has 0 aliphatic carbocycles. The summed E-state index contributed by atoms with van der Waals surface area (Å²) < 4.78 is 5.89. The smallest absolute Gasteiger partial charge is 0.239 e. The van der Waals surface area contributed by atoms with Crippen molar-refractivity contribution in [1.29, 1.82) is 0 Å². The van der Waals surface area contributed by atoms with E-state index in [0.717, 1.165) is 5.56 Å². The Hall–Kier alpha value is -1.34. The predicted molar refractivity (Wildman–Crippen MR) is 105 cm³/mol. The van der Waals surface area contributed by atoms with Crippen molar-refractivity contribution in [2.45, 2.75) is 26.0 Å². The van der Waals surface area contributed by atoms with Crippen molar-refractivity contribution in [1.82, 2.24) is 14.7 Å². The van der Waals surface area contributed by atoms with Gasteiger partial charge < -0.3 is 14.5 Å². The van der Waals surface area contributed by atoms with Crippen LogP contribution in [0.2, 0.25) is 10.0 Å². The summed E-state index contributed by atoms with van der Waals surface area (Å²) in [6.07, 6.45) is -0.140. The zero-order chi connectivity index (χ0) is 19.6. The third kappa shape index (κ3) is 4.74. The predicted octanol–water partition coefficient (Wildman–Crippen LogP) is 2.45. The summed E-state index contributed by atoms with van der Waals surface area (Å²) in [6.45, 7) is 7.77. The average molecular weight is 414 g/mol. The summed E-state index contributed by atoms with van der Waals surface area (Å²) in [5.74, 6) is 0.167. The second kappa shape index (κ2) is 8.78. The summed E-state index contributed by atoms with van der Waals surface area (Å²) >= 11 is 12.1. The van der Waals surface area contributed by atoms with Crippen molar-refractivity contribution >= 4 is 35.0 Å². The average Bonchev–Trinajstić information content (AvgIpc) is 2.69. The van der Waals surface area contributed by atoms with E-state index in [2.05, 4.69) is 4.90 Å². The summed E-state index contributed by atoms with van der Waals surface area (Å²) in [5, 5.41) is 1.02. The fraction of sp³-hybridized carbons (Fsp3) is 0.579. The van der Waals surface area contributed by atoms with Gasteiger partial charge in [-0.25, -0.2) is 0 Å². The van der Waals surface area contributed by atoms with Crippen molar-refractivity contribution in [2.24, 2.45) is 0 Å². The molecule has 0 N–H and O–H groups in total. The van der Waals surface area contributed by atoms with Gasteiger partial charge in [0.2, 0.25) is 11.8 Å². The third-order valence-corrected chi connectivity index (χ3v) is 6.09. The molecule has 3 rings (SSSR count). The number of ether oxygens (including phenoxy) is 1. The van der Waals surface area contributed by atoms with E-state index in [-0.39, 0.29) is 24.0 Å². The van der Waals surface area contributed by atoms with Gasteiger partial charge in [0.15, 0.2) is 0 Å². The summed E-state index contributed by atoms with van der Waals surface area (Å²) in [5.41, 5.74) is 0.962. The Bertz CT molecular complexity index is 707. The molecule has 0 radical (unpaired) electrons. The molecule has 2 fully saturated rings. The molecule has 27 heavy (non-hydrogen) atoms. The molecule has 1 aromatic rings. The molecule has 148 valence electrons. The molecule has 0 bridgehead atoms. The number of amides is 2. The van der Waals surface area contributed by atoms with Gasteiger partial charge in [0.05, 0.1) is 28.8 Å². The first-order valence-corrected chi connectivity index (χ1v) is 9.97. The standard InChI is InChI=1S/C19H25Cl2N3O3/c1-13(19(26)23-7-5-22(6-8-23)14(2)25)24-9-10-27-18(12-24)15-3-4-16(20)17(21)11-15/h3-4,11,13,18H,5-10,12H2,1-2H3. The van der Waals surface area contributed by atoms with Crippen LogP contribution in [-0.2, 0) is 14.3 Å². The second-order valence-electron chi connectivity index (χ2n) is 7.04. The lowest BCUT2D eigenvalue weighted by atomic mass is 10.1. The van der Waals surface area contributed by atoms with Gasteiger partial charge in [0.1, 0.15) is 0 Å². The number of piperazine rings is 1. The fourth-order valence-corrected chi connectivity index (χ4v) is 3.90. The number of hydrogen-bond donors (Lipinski definition) is 0. The number of carbonyl (C=O) groups excluding carboxylic acids is 2. The fourth-order valence-electron chi connectivity index (χ4n) is 3.60. The molecule has 0 saturated carbocycles. The molecule has 2 saturated heterocycles. The molecule has 2 amide bonds. The van der Waals surface area contributed by atoms with Crippen LogP contribution in [0.15, 0.2) is 18.2 Å². The molecule has 1 aromatic carbocycles. The van der Waals surface area contributed by atoms with Crippen LogP contribution in [0, 0.1) is 0 Å². The van der Waals surface area contributed by atoms with Gasteiger partial charge in [-0.15, -0.1) is 0 Å². The summed E-state index contributed by atoms with van der Waals surface area (Å²) in [7, 11) is 0. The van der Waals surface area contributed by atoms with Crippen LogP contribution < -0.4 is 0 Å². The second-order valence-corrected chi connectivity index (χ2v) is 7.85. The van der Waals surface area contributed by atoms with Gasteiger partial charge in [-0.2, -0.15) is 0 Å². The highest BCUT2D eigenvalue weighted by atomic mass is 35.5. The summed E-state index contributed by atoms with van der Waals surface area (Å²) in [4.78, 5) is 30.2. The SMILES string of the molecule is CC(=O)N1CCN(C(=O)C(C)N2CCOC(c3ccc(Cl)c(Cl)c3)C2)CC1. The van der Waals surface area contributed by atoms with Crippen LogP contribution in [0.4, 0.5) is 0 Å². The van der Waals surface area contributed by atoms with Gasteiger partial charge in [-0.05, 0) is 24.6 Å². The van der Waals surface area contributed by atoms with E-state index in [0.29, 0.717) is 55.9 Å². The molecule has 2 unspecified atom stereocenters. The van der Waals surface area contributed by atoms with Crippen LogP contribution in [-0.4, -0.2) is 78.4 Å². The van der Waals surface area contributed by atoms with E-state index in [1.807, 2.05) is 24.0 Å². The van der Waals surface area contributed by atoms with E-state index >= 15 is 0 Å². The Balaban J connectivity index is 1.61. The number of morpholine rings is 1. The highest BCUT2D eigenvalue weighted by Crippen LogP contribution is 2.29. The molecular weight excluding hydrogens is 389 g/mol. The minimum Gasteiger partial charge on any atom is -0.371 e. The Morgan fingerprint density at radius 1 is 1.07 bits per heavy atom. The zero-order valence-electron chi connectivity index (χ0n) is 15.7. The van der Waals surface area contributed by atoms with Crippen molar-refractivity contribution in [2.75, 3.05) is 45.9 Å². The third-order valence-electron chi connectivity index (χ3n) is 5.36. The maximum atomic E-state index is 12.9. The van der Waals surface area contributed by atoms with E-state index < -0.39 is 0 Å². The van der Waals surface area contributed by atoms with Crippen molar-refractivity contribution in [3.8, 4) is 0 Å². The number of benzene rings is 1. The number of hydrogen-bond acceptors (Lipinski definition) is 4. The van der Waals surface area contributed by atoms with Crippen molar-refractivity contribution in [3.05, 3.63) is 33.8 Å². The van der Waals surface area contributed by atoms with Gasteiger partial charge >= 0.3 is 0 Å². The maximum Gasteiger partial charge on any atom is 0.239 e. The number of rotatable bonds is 3. The topological polar surface area (TPSA) is 53.1 Å². The van der Waals surface area contributed by atoms with Crippen molar-refractivity contribution in [3.63, 3.8) is 0 Å². The largest absolute Gasteiger partial charge is 0.371 e. The zero-order valence-corrected chi connectivity index (χ0v) is 17.2. The van der Waals surface area contributed by atoms with Gasteiger partial charge in [0, 0.05) is 46.2 Å². The van der Waals surface area contributed by atoms with Crippen LogP contribution in [0.1, 0.15) is 25.5 Å². The van der Waals surface area contributed by atoms with Crippen LogP contribution in [0.25, 0.3) is 0 Å². The molecule has 0 spiro atoms. The lowest BCUT2D eigenvalue weighted by molar-refractivity contribution is -0.144. The molecule has 2 aliphatic rings. The summed E-state index contributed by atoms with van der Waals surface area (Å²) in [6, 6.07) is 5.27. The first-order chi connectivity index (χ1) is 12.9. The van der Waals surface area contributed by atoms with Crippen LogP contribution >= 0.6 is 23.2 Å². The van der Waals surface area contributed by atoms with Gasteiger partial charge in [-0.1, -0.05) is 29.3 Å². The molecule has 8 heteroatoms. The molecule has 6 nitrogen and oxygen atoms in total. The van der Waals surface area contributed by atoms with Crippen molar-refractivity contribution < 1.29 is 14.3 Å². The number of halogens is 2.